The molecule has 0 N–H and O–H groups in total. The Morgan fingerprint density at radius 1 is 0.692 bits per heavy atom. The van der Waals surface area contributed by atoms with E-state index in [4.69, 9.17) is 0 Å². The van der Waals surface area contributed by atoms with E-state index in [-0.39, 0.29) is 0 Å². The molecule has 0 unspecified atom stereocenters. The first-order valence-corrected chi connectivity index (χ1v) is 14.5. The van der Waals surface area contributed by atoms with Crippen LogP contribution in [0.25, 0.3) is 10.8 Å². The highest BCUT2D eigenvalue weighted by atomic mass is 32.1. The molecule has 1 saturated heterocycles. The van der Waals surface area contributed by atoms with Crippen LogP contribution in [0.2, 0.25) is 0 Å². The highest BCUT2D eigenvalue weighted by Crippen LogP contribution is 2.38. The van der Waals surface area contributed by atoms with Gasteiger partial charge in [-0.1, -0.05) is 35.6 Å². The van der Waals surface area contributed by atoms with Gasteiger partial charge in [0.05, 0.1) is 27.8 Å². The topological polar surface area (TPSA) is 90.3 Å². The van der Waals surface area contributed by atoms with Gasteiger partial charge >= 0.3 is 0 Å². The zero-order valence-electron chi connectivity index (χ0n) is 21.7. The molecular weight excluding hydrogens is 525 g/mol. The fourth-order valence-corrected chi connectivity index (χ4v) is 5.83. The third-order valence-electron chi connectivity index (χ3n) is 6.57. The molecule has 2 aromatic heterocycles. The van der Waals surface area contributed by atoms with E-state index in [2.05, 4.69) is 46.6 Å². The van der Waals surface area contributed by atoms with Gasteiger partial charge < -0.3 is 4.90 Å². The van der Waals surface area contributed by atoms with E-state index < -0.39 is 0 Å². The number of nitrogens with zero attached hydrogens (tertiary/aromatic N) is 8. The van der Waals surface area contributed by atoms with Crippen LogP contribution in [0.15, 0.2) is 103 Å². The summed E-state index contributed by atoms with van der Waals surface area (Å²) in [6.45, 7) is 6.24. The number of aryl methyl sites for hydroxylation is 2. The highest BCUT2D eigenvalue weighted by Gasteiger charge is 2.14. The molecule has 0 bridgehead atoms. The maximum Gasteiger partial charge on any atom is 0.229 e. The number of hydrogen-bond acceptors (Lipinski definition) is 10. The summed E-state index contributed by atoms with van der Waals surface area (Å²) in [4.78, 5) is 6.57. The Morgan fingerprint density at radius 3 is 1.95 bits per heavy atom. The molecule has 0 saturated carbocycles. The molecule has 0 radical (unpaired) electrons. The lowest BCUT2D eigenvalue weighted by Crippen LogP contribution is -2.15. The van der Waals surface area contributed by atoms with Crippen molar-refractivity contribution in [3.63, 3.8) is 0 Å². The Balaban J connectivity index is 1.24. The SMILES string of the molecule is Cc1cc(N=Nc2ccc(N=Nc3ccc(N4CCCC4)s3)c3ccccc23)c(C)cc1N=Nc1nccs1. The lowest BCUT2D eigenvalue weighted by atomic mass is 10.1. The minimum atomic E-state index is 0.632. The van der Waals surface area contributed by atoms with Crippen LogP contribution in [0.4, 0.5) is 37.9 Å². The van der Waals surface area contributed by atoms with E-state index in [1.807, 2.05) is 73.8 Å². The van der Waals surface area contributed by atoms with Gasteiger partial charge in [0.15, 0.2) is 0 Å². The third-order valence-corrected chi connectivity index (χ3v) is 8.26. The lowest BCUT2D eigenvalue weighted by Gasteiger charge is -2.13. The third kappa shape index (κ3) is 5.67. The summed E-state index contributed by atoms with van der Waals surface area (Å²) < 4.78 is 0. The molecule has 6 rings (SSSR count). The van der Waals surface area contributed by atoms with E-state index >= 15 is 0 Å². The second-order valence-electron chi connectivity index (χ2n) is 9.30. The number of anilines is 1. The molecule has 194 valence electrons. The molecule has 1 aliphatic rings. The van der Waals surface area contributed by atoms with Crippen LogP contribution >= 0.6 is 22.7 Å². The molecule has 0 spiro atoms. The van der Waals surface area contributed by atoms with Crippen molar-refractivity contribution in [3.05, 3.63) is 83.4 Å². The van der Waals surface area contributed by atoms with Crippen molar-refractivity contribution in [2.75, 3.05) is 18.0 Å². The maximum absolute atomic E-state index is 4.62. The van der Waals surface area contributed by atoms with Crippen molar-refractivity contribution >= 4 is 71.3 Å². The standard InChI is InChI=1S/C29H26N8S2/c1-19-18-26(34-36-29-30-13-16-38-29)20(2)17-25(19)33-31-23-9-10-24(22-8-4-3-7-21(22)23)32-35-27-11-12-28(39-27)37-14-5-6-15-37/h3-4,7-13,16-18H,5-6,14-15H2,1-2H3. The Kier molecular flexibility index (Phi) is 7.29. The molecule has 1 aliphatic heterocycles. The minimum absolute atomic E-state index is 0.632. The quantitative estimate of drug-likeness (QED) is 0.189. The van der Waals surface area contributed by atoms with Crippen LogP contribution in [-0.2, 0) is 0 Å². The fraction of sp³-hybridized carbons (Fsp3) is 0.207. The molecule has 3 aromatic carbocycles. The maximum atomic E-state index is 4.62. The van der Waals surface area contributed by atoms with Gasteiger partial charge in [0, 0.05) is 35.4 Å². The number of thiophene rings is 1. The summed E-state index contributed by atoms with van der Waals surface area (Å²) >= 11 is 3.14. The summed E-state index contributed by atoms with van der Waals surface area (Å²) in [7, 11) is 0. The largest absolute Gasteiger partial charge is 0.363 e. The second kappa shape index (κ2) is 11.3. The zero-order valence-corrected chi connectivity index (χ0v) is 23.3. The number of rotatable bonds is 7. The predicted molar refractivity (Wildman–Crippen MR) is 160 cm³/mol. The van der Waals surface area contributed by atoms with E-state index in [1.54, 1.807) is 17.5 Å². The minimum Gasteiger partial charge on any atom is -0.363 e. The van der Waals surface area contributed by atoms with Gasteiger partial charge in [-0.05, 0) is 74.2 Å². The predicted octanol–water partition coefficient (Wildman–Crippen LogP) is 10.8. The van der Waals surface area contributed by atoms with Gasteiger partial charge in [-0.15, -0.1) is 36.9 Å². The van der Waals surface area contributed by atoms with E-state index in [0.29, 0.717) is 5.13 Å². The first-order valence-electron chi connectivity index (χ1n) is 12.8. The first kappa shape index (κ1) is 25.1. The van der Waals surface area contributed by atoms with Gasteiger partial charge in [-0.3, -0.25) is 0 Å². The van der Waals surface area contributed by atoms with Gasteiger partial charge in [0.1, 0.15) is 5.00 Å². The number of fused-ring (bicyclic) bond motifs is 1. The number of benzene rings is 3. The Bertz CT molecular complexity index is 1700. The molecule has 0 atom stereocenters. The molecule has 0 amide bonds. The van der Waals surface area contributed by atoms with Crippen LogP contribution in [0.3, 0.4) is 0 Å². The van der Waals surface area contributed by atoms with Crippen LogP contribution in [-0.4, -0.2) is 18.1 Å². The molecule has 3 heterocycles. The average molecular weight is 551 g/mol. The molecule has 39 heavy (non-hydrogen) atoms. The normalized spacial score (nSPS) is 14.2. The van der Waals surface area contributed by atoms with E-state index in [9.17, 15) is 0 Å². The van der Waals surface area contributed by atoms with Crippen molar-refractivity contribution in [1.82, 2.24) is 4.98 Å². The molecule has 8 nitrogen and oxygen atoms in total. The summed E-state index contributed by atoms with van der Waals surface area (Å²) in [6.07, 6.45) is 4.23. The van der Waals surface area contributed by atoms with E-state index in [0.717, 1.165) is 62.7 Å². The number of aromatic nitrogens is 1. The first-order chi connectivity index (χ1) is 19.1. The lowest BCUT2D eigenvalue weighted by molar-refractivity contribution is 0.949. The monoisotopic (exact) mass is 550 g/mol. The summed E-state index contributed by atoms with van der Waals surface area (Å²) in [6, 6.07) is 20.1. The van der Waals surface area contributed by atoms with Crippen LogP contribution in [0.1, 0.15) is 24.0 Å². The van der Waals surface area contributed by atoms with Gasteiger partial charge in [0.2, 0.25) is 5.13 Å². The Labute approximate surface area is 234 Å². The molecular formula is C29H26N8S2. The van der Waals surface area contributed by atoms with Gasteiger partial charge in [-0.2, -0.15) is 5.11 Å². The Hall–Kier alpha value is -4.15. The smallest absolute Gasteiger partial charge is 0.229 e. The fourth-order valence-electron chi connectivity index (χ4n) is 4.49. The van der Waals surface area contributed by atoms with Gasteiger partial charge in [0.25, 0.3) is 0 Å². The van der Waals surface area contributed by atoms with Crippen molar-refractivity contribution in [1.29, 1.82) is 0 Å². The highest BCUT2D eigenvalue weighted by molar-refractivity contribution is 7.19. The van der Waals surface area contributed by atoms with Crippen LogP contribution < -0.4 is 4.90 Å². The number of azo groups is 3. The van der Waals surface area contributed by atoms with E-state index in [1.165, 1.54) is 29.2 Å². The van der Waals surface area contributed by atoms with Gasteiger partial charge in [-0.25, -0.2) is 4.98 Å². The Morgan fingerprint density at radius 2 is 1.31 bits per heavy atom. The molecule has 5 aromatic rings. The van der Waals surface area contributed by atoms with Crippen LogP contribution in [0, 0.1) is 13.8 Å². The molecule has 1 fully saturated rings. The molecule has 10 heteroatoms. The van der Waals surface area contributed by atoms with Crippen LogP contribution in [0.5, 0.6) is 0 Å². The summed E-state index contributed by atoms with van der Waals surface area (Å²) in [5.41, 5.74) is 5.11. The summed E-state index contributed by atoms with van der Waals surface area (Å²) in [5, 5.41) is 33.6. The number of hydrogen-bond donors (Lipinski definition) is 0. The van der Waals surface area contributed by atoms with Crippen molar-refractivity contribution < 1.29 is 0 Å². The second-order valence-corrected chi connectivity index (χ2v) is 11.2. The number of thiazole rings is 1. The van der Waals surface area contributed by atoms with Crippen molar-refractivity contribution in [2.45, 2.75) is 26.7 Å². The average Bonchev–Trinajstić information content (AvgIpc) is 3.75. The van der Waals surface area contributed by atoms with Crippen molar-refractivity contribution in [3.8, 4) is 0 Å². The zero-order chi connectivity index (χ0) is 26.6. The molecule has 0 aliphatic carbocycles. The van der Waals surface area contributed by atoms with Crippen molar-refractivity contribution in [2.24, 2.45) is 30.7 Å². The summed E-state index contributed by atoms with van der Waals surface area (Å²) in [5.74, 6) is 0.